The summed E-state index contributed by atoms with van der Waals surface area (Å²) in [6, 6.07) is 8.05. The van der Waals surface area contributed by atoms with E-state index in [9.17, 15) is 5.26 Å². The van der Waals surface area contributed by atoms with E-state index < -0.39 is 0 Å². The summed E-state index contributed by atoms with van der Waals surface area (Å²) in [5.41, 5.74) is 8.34. The molecule has 0 atom stereocenters. The Morgan fingerprint density at radius 3 is 2.84 bits per heavy atom. The third-order valence-corrected chi connectivity index (χ3v) is 3.86. The summed E-state index contributed by atoms with van der Waals surface area (Å²) in [7, 11) is 1.66. The average molecular weight is 273 g/mol. The third kappa shape index (κ3) is 2.60. The van der Waals surface area contributed by atoms with Gasteiger partial charge in [0.1, 0.15) is 21.7 Å². The van der Waals surface area contributed by atoms with E-state index in [4.69, 9.17) is 10.5 Å². The van der Waals surface area contributed by atoms with Crippen molar-refractivity contribution < 1.29 is 4.74 Å². The Hall–Kier alpha value is -1.90. The highest BCUT2D eigenvalue weighted by Gasteiger charge is 2.13. The largest absolute Gasteiger partial charge is 0.496 e. The molecular formula is C14H15N3OS. The number of rotatable bonds is 4. The molecule has 1 aromatic heterocycles. The minimum atomic E-state index is 0.357. The first kappa shape index (κ1) is 13.5. The molecule has 2 N–H and O–H groups in total. The van der Waals surface area contributed by atoms with Gasteiger partial charge in [-0.05, 0) is 30.2 Å². The molecule has 0 aliphatic carbocycles. The molecule has 0 spiro atoms. The zero-order chi connectivity index (χ0) is 13.8. The fourth-order valence-corrected chi connectivity index (χ4v) is 2.69. The number of ether oxygens (including phenoxy) is 1. The molecule has 2 aromatic rings. The van der Waals surface area contributed by atoms with E-state index in [0.29, 0.717) is 17.1 Å². The number of nitrogens with zero attached hydrogens (tertiary/aromatic N) is 2. The molecule has 0 fully saturated rings. The van der Waals surface area contributed by atoms with E-state index >= 15 is 0 Å². The first-order chi connectivity index (χ1) is 9.23. The Kier molecular flexibility index (Phi) is 4.15. The lowest BCUT2D eigenvalue weighted by atomic mass is 10.0. The molecule has 1 aromatic carbocycles. The Morgan fingerprint density at radius 2 is 2.26 bits per heavy atom. The summed E-state index contributed by atoms with van der Waals surface area (Å²) in [5, 5.41) is 9.95. The van der Waals surface area contributed by atoms with Crippen LogP contribution in [-0.2, 0) is 13.0 Å². The van der Waals surface area contributed by atoms with E-state index in [2.05, 4.69) is 18.0 Å². The van der Waals surface area contributed by atoms with Gasteiger partial charge in [-0.15, -0.1) is 11.3 Å². The Morgan fingerprint density at radius 1 is 1.47 bits per heavy atom. The molecule has 19 heavy (non-hydrogen) atoms. The van der Waals surface area contributed by atoms with Crippen LogP contribution in [0.2, 0.25) is 0 Å². The van der Waals surface area contributed by atoms with Crippen molar-refractivity contribution in [3.05, 3.63) is 33.6 Å². The average Bonchev–Trinajstić information content (AvgIpc) is 2.89. The zero-order valence-corrected chi connectivity index (χ0v) is 11.8. The van der Waals surface area contributed by atoms with Crippen molar-refractivity contribution in [2.75, 3.05) is 7.11 Å². The normalized spacial score (nSPS) is 10.2. The summed E-state index contributed by atoms with van der Waals surface area (Å²) in [6.07, 6.45) is 0.868. The van der Waals surface area contributed by atoms with Crippen molar-refractivity contribution in [2.24, 2.45) is 5.73 Å². The van der Waals surface area contributed by atoms with Crippen molar-refractivity contribution in [2.45, 2.75) is 19.9 Å². The molecule has 4 nitrogen and oxygen atoms in total. The second-order valence-corrected chi connectivity index (χ2v) is 5.07. The molecule has 0 saturated carbocycles. The Bertz CT molecular complexity index is 628. The molecule has 0 bridgehead atoms. The number of nitrogens with two attached hydrogens (primary N) is 1. The highest BCUT2D eigenvalue weighted by molar-refractivity contribution is 7.12. The van der Waals surface area contributed by atoms with Crippen LogP contribution in [0.4, 0.5) is 0 Å². The summed E-state index contributed by atoms with van der Waals surface area (Å²) in [5.74, 6) is 0.860. The molecule has 5 heteroatoms. The van der Waals surface area contributed by atoms with Crippen LogP contribution in [0.5, 0.6) is 5.75 Å². The van der Waals surface area contributed by atoms with Gasteiger partial charge in [-0.3, -0.25) is 0 Å². The standard InChI is InChI=1S/C14H15N3OS/c1-3-9-6-10(4-5-11(9)18-2)14-12(7-15)19-13(8-16)17-14/h4-6H,3,8,16H2,1-2H3. The van der Waals surface area contributed by atoms with E-state index in [-0.39, 0.29) is 0 Å². The van der Waals surface area contributed by atoms with Crippen molar-refractivity contribution >= 4 is 11.3 Å². The van der Waals surface area contributed by atoms with E-state index in [1.807, 2.05) is 18.2 Å². The number of methoxy groups -OCH3 is 1. The highest BCUT2D eigenvalue weighted by Crippen LogP contribution is 2.31. The number of benzene rings is 1. The zero-order valence-electron chi connectivity index (χ0n) is 10.9. The topological polar surface area (TPSA) is 71.9 Å². The van der Waals surface area contributed by atoms with Gasteiger partial charge in [-0.2, -0.15) is 5.26 Å². The van der Waals surface area contributed by atoms with Crippen molar-refractivity contribution in [3.63, 3.8) is 0 Å². The van der Waals surface area contributed by atoms with Gasteiger partial charge in [0.25, 0.3) is 0 Å². The number of aromatic nitrogens is 1. The quantitative estimate of drug-likeness (QED) is 0.929. The molecular weight excluding hydrogens is 258 g/mol. The minimum Gasteiger partial charge on any atom is -0.496 e. The second kappa shape index (κ2) is 5.83. The number of nitriles is 1. The summed E-state index contributed by atoms with van der Waals surface area (Å²) < 4.78 is 5.31. The molecule has 1 heterocycles. The molecule has 0 aliphatic heterocycles. The Labute approximate surface area is 116 Å². The van der Waals surface area contributed by atoms with Gasteiger partial charge < -0.3 is 10.5 Å². The van der Waals surface area contributed by atoms with E-state index in [1.54, 1.807) is 7.11 Å². The second-order valence-electron chi connectivity index (χ2n) is 3.98. The predicted octanol–water partition coefficient (Wildman–Crippen LogP) is 2.71. The first-order valence-corrected chi connectivity index (χ1v) is 6.82. The smallest absolute Gasteiger partial charge is 0.132 e. The first-order valence-electron chi connectivity index (χ1n) is 6.00. The number of hydrogen-bond donors (Lipinski definition) is 1. The number of thiazole rings is 1. The monoisotopic (exact) mass is 273 g/mol. The third-order valence-electron chi connectivity index (χ3n) is 2.88. The lowest BCUT2D eigenvalue weighted by Gasteiger charge is -2.08. The van der Waals surface area contributed by atoms with E-state index in [1.165, 1.54) is 11.3 Å². The van der Waals surface area contributed by atoms with Crippen molar-refractivity contribution in [1.29, 1.82) is 5.26 Å². The summed E-state index contributed by atoms with van der Waals surface area (Å²) in [6.45, 7) is 2.43. The molecule has 0 radical (unpaired) electrons. The molecule has 0 amide bonds. The maximum Gasteiger partial charge on any atom is 0.132 e. The lowest BCUT2D eigenvalue weighted by molar-refractivity contribution is 0.410. The van der Waals surface area contributed by atoms with Crippen LogP contribution < -0.4 is 10.5 Å². The SMILES string of the molecule is CCc1cc(-c2nc(CN)sc2C#N)ccc1OC. The fourth-order valence-electron chi connectivity index (χ4n) is 1.93. The van der Waals surface area contributed by atoms with E-state index in [0.717, 1.165) is 28.3 Å². The van der Waals surface area contributed by atoms with Crippen LogP contribution >= 0.6 is 11.3 Å². The maximum absolute atomic E-state index is 9.17. The van der Waals surface area contributed by atoms with Crippen molar-refractivity contribution in [3.8, 4) is 23.1 Å². The lowest BCUT2D eigenvalue weighted by Crippen LogP contribution is -1.95. The van der Waals surface area contributed by atoms with Crippen LogP contribution in [0.15, 0.2) is 18.2 Å². The van der Waals surface area contributed by atoms with Crippen LogP contribution in [0.3, 0.4) is 0 Å². The van der Waals surface area contributed by atoms with Gasteiger partial charge in [0, 0.05) is 12.1 Å². The maximum atomic E-state index is 9.17. The van der Waals surface area contributed by atoms with Gasteiger partial charge >= 0.3 is 0 Å². The molecule has 0 saturated heterocycles. The molecule has 98 valence electrons. The Balaban J connectivity index is 2.53. The molecule has 2 rings (SSSR count). The highest BCUT2D eigenvalue weighted by atomic mass is 32.1. The molecule has 0 unspecified atom stereocenters. The van der Waals surface area contributed by atoms with Crippen LogP contribution in [0.1, 0.15) is 22.4 Å². The minimum absolute atomic E-state index is 0.357. The number of hydrogen-bond acceptors (Lipinski definition) is 5. The van der Waals surface area contributed by atoms with Gasteiger partial charge in [-0.1, -0.05) is 6.92 Å². The molecule has 0 aliphatic rings. The van der Waals surface area contributed by atoms with Crippen LogP contribution in [-0.4, -0.2) is 12.1 Å². The predicted molar refractivity (Wildman–Crippen MR) is 76.1 cm³/mol. The van der Waals surface area contributed by atoms with Crippen LogP contribution in [0.25, 0.3) is 11.3 Å². The van der Waals surface area contributed by atoms with Gasteiger partial charge in [0.2, 0.25) is 0 Å². The van der Waals surface area contributed by atoms with Gasteiger partial charge in [-0.25, -0.2) is 4.98 Å². The van der Waals surface area contributed by atoms with Gasteiger partial charge in [0.15, 0.2) is 0 Å². The number of aryl methyl sites for hydroxylation is 1. The van der Waals surface area contributed by atoms with Crippen molar-refractivity contribution in [1.82, 2.24) is 4.98 Å². The summed E-state index contributed by atoms with van der Waals surface area (Å²) >= 11 is 1.35. The van der Waals surface area contributed by atoms with Crippen LogP contribution in [0, 0.1) is 11.3 Å². The van der Waals surface area contributed by atoms with Gasteiger partial charge in [0.05, 0.1) is 12.8 Å². The summed E-state index contributed by atoms with van der Waals surface area (Å²) in [4.78, 5) is 5.04. The fraction of sp³-hybridized carbons (Fsp3) is 0.286.